The van der Waals surface area contributed by atoms with Gasteiger partial charge in [-0.3, -0.25) is 4.72 Å². The number of anilines is 2. The Morgan fingerprint density at radius 3 is 2.74 bits per heavy atom. The predicted molar refractivity (Wildman–Crippen MR) is 76.2 cm³/mol. The maximum Gasteiger partial charge on any atom is 0.275 e. The molecule has 0 amide bonds. The lowest BCUT2D eigenvalue weighted by atomic mass is 10.3. The number of sulfonamides is 1. The summed E-state index contributed by atoms with van der Waals surface area (Å²) < 4.78 is 27.0. The zero-order valence-corrected chi connectivity index (χ0v) is 12.5. The first-order valence-electron chi connectivity index (χ1n) is 5.67. The highest BCUT2D eigenvalue weighted by molar-refractivity contribution is 7.95. The van der Waals surface area contributed by atoms with Gasteiger partial charge in [0.2, 0.25) is 0 Å². The van der Waals surface area contributed by atoms with Gasteiger partial charge in [-0.15, -0.1) is 11.3 Å². The minimum absolute atomic E-state index is 0.146. The van der Waals surface area contributed by atoms with Crippen molar-refractivity contribution in [2.24, 2.45) is 0 Å². The highest BCUT2D eigenvalue weighted by Gasteiger charge is 2.27. The number of hydrogen-bond acceptors (Lipinski definition) is 7. The first-order valence-corrected chi connectivity index (χ1v) is 8.85. The molecule has 3 rings (SSSR count). The van der Waals surface area contributed by atoms with Gasteiger partial charge in [-0.1, -0.05) is 11.3 Å². The number of nitrogen functional groups attached to an aromatic ring is 1. The van der Waals surface area contributed by atoms with E-state index in [0.717, 1.165) is 29.9 Å². The van der Waals surface area contributed by atoms with Gasteiger partial charge in [0.15, 0.2) is 14.5 Å². The quantitative estimate of drug-likeness (QED) is 0.900. The number of nitrogens with two attached hydrogens (primary N) is 1. The second kappa shape index (κ2) is 4.43. The number of hydrogen-bond donors (Lipinski definition) is 2. The van der Waals surface area contributed by atoms with Crippen LogP contribution in [0.4, 0.5) is 10.3 Å². The third-order valence-corrected chi connectivity index (χ3v) is 6.59. The van der Waals surface area contributed by atoms with E-state index in [1.54, 1.807) is 6.92 Å². The Morgan fingerprint density at radius 2 is 2.16 bits per heavy atom. The van der Waals surface area contributed by atoms with Crippen molar-refractivity contribution in [1.82, 2.24) is 9.97 Å². The van der Waals surface area contributed by atoms with Crippen molar-refractivity contribution >= 4 is 43.0 Å². The Bertz CT molecular complexity index is 715. The van der Waals surface area contributed by atoms with Crippen molar-refractivity contribution in [3.8, 4) is 0 Å². The fourth-order valence-electron chi connectivity index (χ4n) is 1.71. The number of thiazole rings is 2. The molecular formula is C10H12N4O2S3. The Labute approximate surface area is 118 Å². The maximum atomic E-state index is 12.2. The van der Waals surface area contributed by atoms with E-state index in [0.29, 0.717) is 16.7 Å². The summed E-state index contributed by atoms with van der Waals surface area (Å²) in [5, 5.41) is 2.55. The molecule has 1 saturated carbocycles. The molecule has 0 spiro atoms. The molecule has 6 nitrogen and oxygen atoms in total. The average Bonchev–Trinajstić information content (AvgIpc) is 2.97. The normalized spacial score (nSPS) is 15.6. The van der Waals surface area contributed by atoms with Crippen molar-refractivity contribution in [3.63, 3.8) is 0 Å². The summed E-state index contributed by atoms with van der Waals surface area (Å²) in [6.07, 6.45) is 2.28. The van der Waals surface area contributed by atoms with Crippen LogP contribution in [0.1, 0.15) is 30.1 Å². The summed E-state index contributed by atoms with van der Waals surface area (Å²) in [5.41, 5.74) is 6.91. The van der Waals surface area contributed by atoms with Crippen LogP contribution < -0.4 is 10.5 Å². The molecule has 0 aromatic carbocycles. The monoisotopic (exact) mass is 316 g/mol. The molecule has 3 N–H and O–H groups in total. The zero-order chi connectivity index (χ0) is 13.6. The highest BCUT2D eigenvalue weighted by atomic mass is 32.2. The van der Waals surface area contributed by atoms with E-state index in [1.807, 2.05) is 5.38 Å². The Kier molecular flexibility index (Phi) is 2.99. The van der Waals surface area contributed by atoms with Gasteiger partial charge in [-0.2, -0.15) is 0 Å². The van der Waals surface area contributed by atoms with Crippen LogP contribution in [0.2, 0.25) is 0 Å². The second-order valence-electron chi connectivity index (χ2n) is 4.38. The first-order chi connectivity index (χ1) is 8.95. The summed E-state index contributed by atoms with van der Waals surface area (Å²) in [5.74, 6) is 0.510. The summed E-state index contributed by atoms with van der Waals surface area (Å²) in [6, 6.07) is 0. The van der Waals surface area contributed by atoms with Gasteiger partial charge in [0.25, 0.3) is 10.0 Å². The molecule has 0 bridgehead atoms. The van der Waals surface area contributed by atoms with Crippen molar-refractivity contribution in [3.05, 3.63) is 16.8 Å². The van der Waals surface area contributed by atoms with Gasteiger partial charge >= 0.3 is 0 Å². The molecule has 1 fully saturated rings. The molecule has 1 aliphatic carbocycles. The molecule has 0 atom stereocenters. The molecule has 0 radical (unpaired) electrons. The molecule has 2 aromatic rings. The minimum Gasteiger partial charge on any atom is -0.375 e. The van der Waals surface area contributed by atoms with E-state index in [2.05, 4.69) is 14.7 Å². The minimum atomic E-state index is -3.64. The summed E-state index contributed by atoms with van der Waals surface area (Å²) in [7, 11) is -3.64. The Balaban J connectivity index is 1.86. The molecule has 2 aromatic heterocycles. The van der Waals surface area contributed by atoms with Crippen molar-refractivity contribution < 1.29 is 8.42 Å². The SMILES string of the molecule is Cc1nc(N)sc1S(=O)(=O)Nc1nc(C2CC2)cs1. The summed E-state index contributed by atoms with van der Waals surface area (Å²) >= 11 is 2.26. The fourth-order valence-corrected chi connectivity index (χ4v) is 5.06. The number of aromatic nitrogens is 2. The summed E-state index contributed by atoms with van der Waals surface area (Å²) in [6.45, 7) is 1.62. The van der Waals surface area contributed by atoms with Crippen LogP contribution in [-0.2, 0) is 10.0 Å². The molecule has 1 aliphatic rings. The highest BCUT2D eigenvalue weighted by Crippen LogP contribution is 2.41. The number of rotatable bonds is 4. The van der Waals surface area contributed by atoms with Crippen molar-refractivity contribution in [2.45, 2.75) is 29.9 Å². The van der Waals surface area contributed by atoms with Gasteiger partial charge < -0.3 is 5.73 Å². The van der Waals surface area contributed by atoms with E-state index >= 15 is 0 Å². The van der Waals surface area contributed by atoms with Gasteiger partial charge in [0.1, 0.15) is 0 Å². The maximum absolute atomic E-state index is 12.2. The third kappa shape index (κ3) is 2.58. The smallest absolute Gasteiger partial charge is 0.275 e. The second-order valence-corrected chi connectivity index (χ2v) is 8.15. The van der Waals surface area contributed by atoms with E-state index in [9.17, 15) is 8.42 Å². The van der Waals surface area contributed by atoms with E-state index < -0.39 is 10.0 Å². The van der Waals surface area contributed by atoms with E-state index in [1.165, 1.54) is 11.3 Å². The molecular weight excluding hydrogens is 304 g/mol. The van der Waals surface area contributed by atoms with E-state index in [-0.39, 0.29) is 9.34 Å². The predicted octanol–water partition coefficient (Wildman–Crippen LogP) is 2.17. The fraction of sp³-hybridized carbons (Fsp3) is 0.400. The first kappa shape index (κ1) is 12.8. The van der Waals surface area contributed by atoms with Gasteiger partial charge in [-0.25, -0.2) is 18.4 Å². The molecule has 0 unspecified atom stereocenters. The molecule has 0 aliphatic heterocycles. The van der Waals surface area contributed by atoms with Crippen LogP contribution in [0.3, 0.4) is 0 Å². The van der Waals surface area contributed by atoms with Crippen molar-refractivity contribution in [2.75, 3.05) is 10.5 Å². The van der Waals surface area contributed by atoms with Gasteiger partial charge in [0, 0.05) is 11.3 Å². The molecule has 102 valence electrons. The number of aryl methyl sites for hydroxylation is 1. The lowest BCUT2D eigenvalue weighted by Crippen LogP contribution is -2.12. The van der Waals surface area contributed by atoms with Gasteiger partial charge in [0.05, 0.1) is 11.4 Å². The summed E-state index contributed by atoms with van der Waals surface area (Å²) in [4.78, 5) is 8.22. The van der Waals surface area contributed by atoms with Crippen LogP contribution in [-0.4, -0.2) is 18.4 Å². The van der Waals surface area contributed by atoms with Gasteiger partial charge in [-0.05, 0) is 19.8 Å². The lowest BCUT2D eigenvalue weighted by Gasteiger charge is -2.02. The number of nitrogens with one attached hydrogen (secondary N) is 1. The molecule has 0 saturated heterocycles. The molecule has 9 heteroatoms. The zero-order valence-electron chi connectivity index (χ0n) is 10.1. The standard InChI is InChI=1S/C10H12N4O2S3/c1-5-8(18-9(11)12-5)19(15,16)14-10-13-7(4-17-10)6-2-3-6/h4,6H,2-3H2,1H3,(H2,11,12)(H,13,14). The Hall–Kier alpha value is -1.19. The largest absolute Gasteiger partial charge is 0.375 e. The van der Waals surface area contributed by atoms with Crippen LogP contribution in [0, 0.1) is 6.92 Å². The van der Waals surface area contributed by atoms with Crippen LogP contribution in [0.5, 0.6) is 0 Å². The van der Waals surface area contributed by atoms with Crippen LogP contribution in [0.25, 0.3) is 0 Å². The lowest BCUT2D eigenvalue weighted by molar-refractivity contribution is 0.602. The average molecular weight is 316 g/mol. The van der Waals surface area contributed by atoms with Crippen LogP contribution in [0.15, 0.2) is 9.59 Å². The topological polar surface area (TPSA) is 98.0 Å². The van der Waals surface area contributed by atoms with E-state index in [4.69, 9.17) is 5.73 Å². The third-order valence-electron chi connectivity index (χ3n) is 2.75. The Morgan fingerprint density at radius 1 is 1.42 bits per heavy atom. The molecule has 2 heterocycles. The van der Waals surface area contributed by atoms with Crippen molar-refractivity contribution in [1.29, 1.82) is 0 Å². The van der Waals surface area contributed by atoms with Crippen LogP contribution >= 0.6 is 22.7 Å². The number of nitrogens with zero attached hydrogens (tertiary/aromatic N) is 2. The molecule has 19 heavy (non-hydrogen) atoms.